The standard InChI is InChI=1S/C20H27N5O2/c1-14-10-17(23-22-14)20-19(15-6-4-3-5-7-15)21-13-25(20)16-11-18(26)24(12-16)8-9-27-2/h3-7,13-14,16-17,22-23H,8-12H2,1-2H3. The van der Waals surface area contributed by atoms with Gasteiger partial charge in [0.15, 0.2) is 0 Å². The van der Waals surface area contributed by atoms with Crippen LogP contribution in [-0.4, -0.2) is 53.2 Å². The summed E-state index contributed by atoms with van der Waals surface area (Å²) in [7, 11) is 1.66. The Morgan fingerprint density at radius 2 is 2.07 bits per heavy atom. The van der Waals surface area contributed by atoms with E-state index in [-0.39, 0.29) is 18.0 Å². The molecule has 2 saturated heterocycles. The van der Waals surface area contributed by atoms with E-state index in [9.17, 15) is 4.79 Å². The summed E-state index contributed by atoms with van der Waals surface area (Å²) in [5.74, 6) is 0.184. The van der Waals surface area contributed by atoms with Gasteiger partial charge in [0.05, 0.1) is 36.4 Å². The molecule has 0 saturated carbocycles. The number of nitrogens with zero attached hydrogens (tertiary/aromatic N) is 3. The molecule has 1 aromatic heterocycles. The van der Waals surface area contributed by atoms with Gasteiger partial charge in [-0.05, 0) is 13.3 Å². The Hall–Kier alpha value is -2.22. The Balaban J connectivity index is 1.67. The topological polar surface area (TPSA) is 71.4 Å². The van der Waals surface area contributed by atoms with Crippen molar-refractivity contribution in [1.29, 1.82) is 0 Å². The van der Waals surface area contributed by atoms with Crippen molar-refractivity contribution in [1.82, 2.24) is 25.3 Å². The first-order chi connectivity index (χ1) is 13.2. The van der Waals surface area contributed by atoms with Crippen molar-refractivity contribution in [2.24, 2.45) is 0 Å². The molecule has 2 aliphatic heterocycles. The number of hydrogen-bond acceptors (Lipinski definition) is 5. The number of carbonyl (C=O) groups excluding carboxylic acids is 1. The molecule has 0 aliphatic carbocycles. The van der Waals surface area contributed by atoms with E-state index in [0.29, 0.717) is 32.2 Å². The van der Waals surface area contributed by atoms with Crippen LogP contribution in [0.3, 0.4) is 0 Å². The van der Waals surface area contributed by atoms with Gasteiger partial charge in [0.2, 0.25) is 5.91 Å². The zero-order chi connectivity index (χ0) is 18.8. The van der Waals surface area contributed by atoms with Crippen molar-refractivity contribution in [2.45, 2.75) is 37.9 Å². The van der Waals surface area contributed by atoms with Gasteiger partial charge in [-0.15, -0.1) is 0 Å². The number of hydrogen-bond donors (Lipinski definition) is 2. The lowest BCUT2D eigenvalue weighted by Crippen LogP contribution is -2.31. The van der Waals surface area contributed by atoms with Gasteiger partial charge in [-0.3, -0.25) is 10.2 Å². The SMILES string of the molecule is COCCN1CC(n2cnc(-c3ccccc3)c2C2CC(C)NN2)CC1=O. The largest absolute Gasteiger partial charge is 0.383 e. The average molecular weight is 369 g/mol. The smallest absolute Gasteiger partial charge is 0.224 e. The normalized spacial score (nSPS) is 25.5. The molecule has 3 heterocycles. The number of benzene rings is 1. The molecule has 1 amide bonds. The predicted octanol–water partition coefficient (Wildman–Crippen LogP) is 1.90. The number of hydrazine groups is 1. The predicted molar refractivity (Wildman–Crippen MR) is 103 cm³/mol. The molecule has 144 valence electrons. The van der Waals surface area contributed by atoms with Gasteiger partial charge in [-0.25, -0.2) is 10.4 Å². The van der Waals surface area contributed by atoms with Crippen LogP contribution in [0.5, 0.6) is 0 Å². The summed E-state index contributed by atoms with van der Waals surface area (Å²) in [6.45, 7) is 4.08. The molecule has 27 heavy (non-hydrogen) atoms. The Morgan fingerprint density at radius 3 is 2.78 bits per heavy atom. The van der Waals surface area contributed by atoms with Gasteiger partial charge in [-0.2, -0.15) is 0 Å². The monoisotopic (exact) mass is 369 g/mol. The molecular formula is C20H27N5O2. The van der Waals surface area contributed by atoms with Crippen molar-refractivity contribution in [3.05, 3.63) is 42.4 Å². The third-order valence-corrected chi connectivity index (χ3v) is 5.46. The van der Waals surface area contributed by atoms with Gasteiger partial charge in [0.25, 0.3) is 0 Å². The summed E-state index contributed by atoms with van der Waals surface area (Å²) in [5.41, 5.74) is 9.98. The van der Waals surface area contributed by atoms with Crippen LogP contribution in [-0.2, 0) is 9.53 Å². The van der Waals surface area contributed by atoms with E-state index < -0.39 is 0 Å². The fourth-order valence-corrected chi connectivity index (χ4v) is 4.07. The Kier molecular flexibility index (Phi) is 5.24. The lowest BCUT2D eigenvalue weighted by molar-refractivity contribution is -0.128. The van der Waals surface area contributed by atoms with Crippen LogP contribution in [0.15, 0.2) is 36.7 Å². The van der Waals surface area contributed by atoms with E-state index >= 15 is 0 Å². The average Bonchev–Trinajstić information content (AvgIpc) is 3.38. The zero-order valence-electron chi connectivity index (χ0n) is 15.9. The number of imidazole rings is 1. The fourth-order valence-electron chi connectivity index (χ4n) is 4.07. The summed E-state index contributed by atoms with van der Waals surface area (Å²) in [6.07, 6.45) is 3.40. The highest BCUT2D eigenvalue weighted by atomic mass is 16.5. The number of nitrogens with one attached hydrogen (secondary N) is 2. The van der Waals surface area contributed by atoms with Crippen LogP contribution < -0.4 is 10.9 Å². The third-order valence-electron chi connectivity index (χ3n) is 5.46. The molecule has 0 radical (unpaired) electrons. The molecule has 3 atom stereocenters. The van der Waals surface area contributed by atoms with Crippen molar-refractivity contribution in [2.75, 3.05) is 26.8 Å². The van der Waals surface area contributed by atoms with Crippen molar-refractivity contribution < 1.29 is 9.53 Å². The molecule has 2 N–H and O–H groups in total. The lowest BCUT2D eigenvalue weighted by atomic mass is 10.0. The van der Waals surface area contributed by atoms with Gasteiger partial charge >= 0.3 is 0 Å². The van der Waals surface area contributed by atoms with Crippen LogP contribution in [0, 0.1) is 0 Å². The van der Waals surface area contributed by atoms with Crippen molar-refractivity contribution >= 4 is 5.91 Å². The third kappa shape index (κ3) is 3.63. The van der Waals surface area contributed by atoms with Gasteiger partial charge in [0.1, 0.15) is 0 Å². The minimum Gasteiger partial charge on any atom is -0.383 e. The highest BCUT2D eigenvalue weighted by molar-refractivity contribution is 5.79. The Labute approximate surface area is 159 Å². The second-order valence-electron chi connectivity index (χ2n) is 7.42. The minimum absolute atomic E-state index is 0.104. The summed E-state index contributed by atoms with van der Waals surface area (Å²) < 4.78 is 7.35. The minimum atomic E-state index is 0.104. The van der Waals surface area contributed by atoms with Crippen LogP contribution in [0.25, 0.3) is 11.3 Å². The molecule has 1 aromatic carbocycles. The maximum atomic E-state index is 12.4. The van der Waals surface area contributed by atoms with E-state index in [1.807, 2.05) is 29.4 Å². The maximum Gasteiger partial charge on any atom is 0.224 e. The number of ether oxygens (including phenoxy) is 1. The van der Waals surface area contributed by atoms with Crippen LogP contribution in [0.4, 0.5) is 0 Å². The molecule has 0 bridgehead atoms. The summed E-state index contributed by atoms with van der Waals surface area (Å²) in [5, 5.41) is 0. The number of aromatic nitrogens is 2. The van der Waals surface area contributed by atoms with E-state index in [1.165, 1.54) is 0 Å². The molecule has 7 heteroatoms. The summed E-state index contributed by atoms with van der Waals surface area (Å²) in [6, 6.07) is 10.9. The van der Waals surface area contributed by atoms with E-state index in [4.69, 9.17) is 9.72 Å². The molecule has 7 nitrogen and oxygen atoms in total. The number of methoxy groups -OCH3 is 1. The fraction of sp³-hybridized carbons (Fsp3) is 0.500. The molecule has 2 aromatic rings. The molecule has 2 fully saturated rings. The maximum absolute atomic E-state index is 12.4. The molecule has 2 aliphatic rings. The van der Waals surface area contributed by atoms with E-state index in [1.54, 1.807) is 7.11 Å². The second-order valence-corrected chi connectivity index (χ2v) is 7.42. The van der Waals surface area contributed by atoms with Crippen molar-refractivity contribution in [3.8, 4) is 11.3 Å². The van der Waals surface area contributed by atoms with Crippen LogP contribution >= 0.6 is 0 Å². The molecule has 0 spiro atoms. The summed E-state index contributed by atoms with van der Waals surface area (Å²) in [4.78, 5) is 19.1. The summed E-state index contributed by atoms with van der Waals surface area (Å²) >= 11 is 0. The molecule has 4 rings (SSSR count). The van der Waals surface area contributed by atoms with Crippen molar-refractivity contribution in [3.63, 3.8) is 0 Å². The lowest BCUT2D eigenvalue weighted by Gasteiger charge is -2.21. The number of amides is 1. The highest BCUT2D eigenvalue weighted by Crippen LogP contribution is 2.35. The van der Waals surface area contributed by atoms with Gasteiger partial charge in [-0.1, -0.05) is 30.3 Å². The number of rotatable bonds is 6. The van der Waals surface area contributed by atoms with Crippen LogP contribution in [0.2, 0.25) is 0 Å². The second kappa shape index (κ2) is 7.80. The molecule has 3 unspecified atom stereocenters. The highest BCUT2D eigenvalue weighted by Gasteiger charge is 2.35. The molecular weight excluding hydrogens is 342 g/mol. The Morgan fingerprint density at radius 1 is 1.26 bits per heavy atom. The Bertz CT molecular complexity index is 791. The first kappa shape index (κ1) is 18.2. The quantitative estimate of drug-likeness (QED) is 0.814. The first-order valence-corrected chi connectivity index (χ1v) is 9.57. The van der Waals surface area contributed by atoms with E-state index in [2.05, 4.69) is 34.5 Å². The van der Waals surface area contributed by atoms with Crippen LogP contribution in [0.1, 0.15) is 37.5 Å². The first-order valence-electron chi connectivity index (χ1n) is 9.57. The van der Waals surface area contributed by atoms with Gasteiger partial charge < -0.3 is 14.2 Å². The zero-order valence-corrected chi connectivity index (χ0v) is 15.9. The number of likely N-dealkylation sites (tertiary alicyclic amines) is 1. The number of carbonyl (C=O) groups is 1. The van der Waals surface area contributed by atoms with E-state index in [0.717, 1.165) is 23.4 Å². The van der Waals surface area contributed by atoms with Gasteiger partial charge in [0, 0.05) is 38.2 Å².